The summed E-state index contributed by atoms with van der Waals surface area (Å²) >= 11 is 0. The van der Waals surface area contributed by atoms with Crippen LogP contribution >= 0.6 is 0 Å². The Labute approximate surface area is 176 Å². The molecular formula is C26H26O4. The van der Waals surface area contributed by atoms with Crippen LogP contribution in [-0.2, 0) is 0 Å². The van der Waals surface area contributed by atoms with Crippen LogP contribution in [0.3, 0.4) is 0 Å². The SMILES string of the molecule is Cc1ccc(C([C@@H](C)C(=O)c2ccccc2O)[C@@H](C)C(=O)c2ccccc2O)cc1. The van der Waals surface area contributed by atoms with Crippen molar-refractivity contribution in [3.8, 4) is 11.5 Å². The molecule has 30 heavy (non-hydrogen) atoms. The number of hydrogen-bond donors (Lipinski definition) is 2. The molecule has 0 amide bonds. The van der Waals surface area contributed by atoms with Gasteiger partial charge >= 0.3 is 0 Å². The monoisotopic (exact) mass is 402 g/mol. The van der Waals surface area contributed by atoms with E-state index in [0.717, 1.165) is 11.1 Å². The van der Waals surface area contributed by atoms with E-state index in [-0.39, 0.29) is 34.2 Å². The number of Topliss-reactive ketones (excluding diaryl/α,β-unsaturated/α-hetero) is 2. The van der Waals surface area contributed by atoms with Gasteiger partial charge in [0.2, 0.25) is 0 Å². The molecule has 3 rings (SSSR count). The molecule has 4 nitrogen and oxygen atoms in total. The second kappa shape index (κ2) is 8.95. The first-order chi connectivity index (χ1) is 14.3. The molecule has 0 saturated heterocycles. The first kappa shape index (κ1) is 21.3. The fraction of sp³-hybridized carbons (Fsp3) is 0.231. The number of carbonyl (C=O) groups excluding carboxylic acids is 2. The highest BCUT2D eigenvalue weighted by atomic mass is 16.3. The zero-order valence-corrected chi connectivity index (χ0v) is 17.4. The minimum atomic E-state index is -0.564. The highest BCUT2D eigenvalue weighted by Crippen LogP contribution is 2.38. The molecule has 154 valence electrons. The van der Waals surface area contributed by atoms with E-state index in [2.05, 4.69) is 0 Å². The lowest BCUT2D eigenvalue weighted by molar-refractivity contribution is 0.0834. The van der Waals surface area contributed by atoms with Crippen molar-refractivity contribution in [3.05, 3.63) is 95.1 Å². The van der Waals surface area contributed by atoms with Gasteiger partial charge in [0, 0.05) is 17.8 Å². The molecule has 0 radical (unpaired) electrons. The topological polar surface area (TPSA) is 74.6 Å². The van der Waals surface area contributed by atoms with Crippen molar-refractivity contribution in [1.29, 1.82) is 0 Å². The predicted octanol–water partition coefficient (Wildman–Crippen LogP) is 5.53. The molecule has 0 saturated carbocycles. The van der Waals surface area contributed by atoms with Gasteiger partial charge < -0.3 is 10.2 Å². The fourth-order valence-electron chi connectivity index (χ4n) is 3.98. The zero-order chi connectivity index (χ0) is 21.8. The smallest absolute Gasteiger partial charge is 0.170 e. The molecule has 2 atom stereocenters. The van der Waals surface area contributed by atoms with Crippen molar-refractivity contribution in [2.24, 2.45) is 11.8 Å². The van der Waals surface area contributed by atoms with Crippen LogP contribution in [0.25, 0.3) is 0 Å². The second-order valence-electron chi connectivity index (χ2n) is 7.78. The lowest BCUT2D eigenvalue weighted by Gasteiger charge is -2.29. The molecule has 0 aromatic heterocycles. The summed E-state index contributed by atoms with van der Waals surface area (Å²) in [6, 6.07) is 20.7. The molecule has 0 bridgehead atoms. The molecule has 0 fully saturated rings. The summed E-state index contributed by atoms with van der Waals surface area (Å²) < 4.78 is 0. The van der Waals surface area contributed by atoms with E-state index in [4.69, 9.17) is 0 Å². The highest BCUT2D eigenvalue weighted by molar-refractivity contribution is 6.03. The third-order valence-corrected chi connectivity index (χ3v) is 5.71. The molecule has 3 aromatic rings. The van der Waals surface area contributed by atoms with Crippen LogP contribution in [0.1, 0.15) is 51.6 Å². The number of phenolic OH excluding ortho intramolecular Hbond substituents is 2. The first-order valence-corrected chi connectivity index (χ1v) is 10.0. The van der Waals surface area contributed by atoms with E-state index in [1.54, 1.807) is 50.2 Å². The van der Waals surface area contributed by atoms with Crippen LogP contribution in [0.5, 0.6) is 11.5 Å². The van der Waals surface area contributed by atoms with Crippen molar-refractivity contribution < 1.29 is 19.8 Å². The zero-order valence-electron chi connectivity index (χ0n) is 17.4. The van der Waals surface area contributed by atoms with Crippen molar-refractivity contribution in [2.45, 2.75) is 26.7 Å². The Morgan fingerprint density at radius 2 is 1.07 bits per heavy atom. The summed E-state index contributed by atoms with van der Waals surface area (Å²) in [6.45, 7) is 5.55. The van der Waals surface area contributed by atoms with Crippen LogP contribution in [0, 0.1) is 18.8 Å². The molecular weight excluding hydrogens is 376 g/mol. The van der Waals surface area contributed by atoms with E-state index in [1.165, 1.54) is 12.1 Å². The van der Waals surface area contributed by atoms with Gasteiger partial charge in [-0.1, -0.05) is 67.9 Å². The third kappa shape index (κ3) is 4.28. The standard InChI is InChI=1S/C26H26O4/c1-16-12-14-19(15-13-16)24(17(2)25(29)20-8-4-6-10-22(20)27)18(3)26(30)21-9-5-7-11-23(21)28/h4-15,17-18,24,27-28H,1-3H3/t17-,18-/m1/s1. The number of rotatable bonds is 7. The molecule has 4 heteroatoms. The predicted molar refractivity (Wildman–Crippen MR) is 117 cm³/mol. The fourth-order valence-corrected chi connectivity index (χ4v) is 3.98. The van der Waals surface area contributed by atoms with Gasteiger partial charge in [-0.15, -0.1) is 0 Å². The average Bonchev–Trinajstić information content (AvgIpc) is 2.74. The molecule has 0 aliphatic heterocycles. The molecule has 3 aromatic carbocycles. The minimum Gasteiger partial charge on any atom is -0.507 e. The van der Waals surface area contributed by atoms with Crippen LogP contribution in [0.15, 0.2) is 72.8 Å². The lowest BCUT2D eigenvalue weighted by atomic mass is 9.72. The highest BCUT2D eigenvalue weighted by Gasteiger charge is 2.35. The second-order valence-corrected chi connectivity index (χ2v) is 7.78. The summed E-state index contributed by atoms with van der Waals surface area (Å²) in [6.07, 6.45) is 0. The van der Waals surface area contributed by atoms with Crippen LogP contribution in [-0.4, -0.2) is 21.8 Å². The number of aryl methyl sites for hydroxylation is 1. The normalized spacial score (nSPS) is 13.1. The number of ketones is 2. The molecule has 0 unspecified atom stereocenters. The molecule has 0 heterocycles. The number of carbonyl (C=O) groups is 2. The summed E-state index contributed by atoms with van der Waals surface area (Å²) in [7, 11) is 0. The first-order valence-electron chi connectivity index (χ1n) is 10.0. The lowest BCUT2D eigenvalue weighted by Crippen LogP contribution is -2.29. The summed E-state index contributed by atoms with van der Waals surface area (Å²) in [4.78, 5) is 26.5. The Hall–Kier alpha value is -3.40. The van der Waals surface area contributed by atoms with Crippen LogP contribution in [0.2, 0.25) is 0 Å². The Kier molecular flexibility index (Phi) is 6.36. The van der Waals surface area contributed by atoms with Crippen molar-refractivity contribution in [2.75, 3.05) is 0 Å². The number of para-hydroxylation sites is 2. The number of aromatic hydroxyl groups is 2. The van der Waals surface area contributed by atoms with Crippen molar-refractivity contribution >= 4 is 11.6 Å². The molecule has 2 N–H and O–H groups in total. The van der Waals surface area contributed by atoms with Gasteiger partial charge in [-0.2, -0.15) is 0 Å². The minimum absolute atomic E-state index is 0.0725. The third-order valence-electron chi connectivity index (χ3n) is 5.71. The van der Waals surface area contributed by atoms with Gasteiger partial charge in [0.05, 0.1) is 11.1 Å². The van der Waals surface area contributed by atoms with Gasteiger partial charge in [0.25, 0.3) is 0 Å². The Balaban J connectivity index is 2.03. The van der Waals surface area contributed by atoms with Gasteiger partial charge in [-0.05, 0) is 36.8 Å². The largest absolute Gasteiger partial charge is 0.507 e. The Morgan fingerprint density at radius 3 is 1.47 bits per heavy atom. The molecule has 0 spiro atoms. The van der Waals surface area contributed by atoms with Gasteiger partial charge in [0.15, 0.2) is 11.6 Å². The van der Waals surface area contributed by atoms with E-state index in [0.29, 0.717) is 0 Å². The average molecular weight is 402 g/mol. The number of phenols is 2. The quantitative estimate of drug-likeness (QED) is 0.510. The van der Waals surface area contributed by atoms with Crippen LogP contribution in [0.4, 0.5) is 0 Å². The maximum atomic E-state index is 13.3. The van der Waals surface area contributed by atoms with Crippen molar-refractivity contribution in [1.82, 2.24) is 0 Å². The van der Waals surface area contributed by atoms with E-state index < -0.39 is 17.8 Å². The van der Waals surface area contributed by atoms with Gasteiger partial charge in [0.1, 0.15) is 11.5 Å². The maximum Gasteiger partial charge on any atom is 0.170 e. The maximum absolute atomic E-state index is 13.3. The van der Waals surface area contributed by atoms with E-state index in [9.17, 15) is 19.8 Å². The van der Waals surface area contributed by atoms with Gasteiger partial charge in [-0.25, -0.2) is 0 Å². The van der Waals surface area contributed by atoms with Crippen LogP contribution < -0.4 is 0 Å². The Morgan fingerprint density at radius 1 is 0.667 bits per heavy atom. The summed E-state index contributed by atoms with van der Waals surface area (Å²) in [5.41, 5.74) is 2.43. The Bertz CT molecular complexity index is 989. The molecule has 0 aliphatic rings. The number of hydrogen-bond acceptors (Lipinski definition) is 4. The van der Waals surface area contributed by atoms with Gasteiger partial charge in [-0.3, -0.25) is 9.59 Å². The molecule has 0 aliphatic carbocycles. The summed E-state index contributed by atoms with van der Waals surface area (Å²) in [5.74, 6) is -2.15. The van der Waals surface area contributed by atoms with E-state index >= 15 is 0 Å². The number of benzene rings is 3. The van der Waals surface area contributed by atoms with Crippen molar-refractivity contribution in [3.63, 3.8) is 0 Å². The van der Waals surface area contributed by atoms with E-state index in [1.807, 2.05) is 31.2 Å². The summed E-state index contributed by atoms with van der Waals surface area (Å²) in [5, 5.41) is 20.3.